The number of amides is 1. The Morgan fingerprint density at radius 3 is 2.29 bits per heavy atom. The van der Waals surface area contributed by atoms with Crippen LogP contribution in [0, 0.1) is 22.7 Å². The van der Waals surface area contributed by atoms with Gasteiger partial charge in [-0.25, -0.2) is 0 Å². The smallest absolute Gasteiger partial charge is 0.224 e. The number of nitrogens with one attached hydrogen (secondary N) is 1. The van der Waals surface area contributed by atoms with Gasteiger partial charge in [0.1, 0.15) is 0 Å². The Labute approximate surface area is 129 Å². The van der Waals surface area contributed by atoms with Crippen LogP contribution in [0.3, 0.4) is 0 Å². The molecular formula is C18H32N2O. The van der Waals surface area contributed by atoms with E-state index in [1.54, 1.807) is 0 Å². The normalized spacial score (nSPS) is 45.6. The average molecular weight is 292 g/mol. The fourth-order valence-corrected chi connectivity index (χ4v) is 6.65. The first-order valence-corrected chi connectivity index (χ1v) is 8.83. The SMILES string of the molecule is CCCC(CN)C(=O)NC12CC3CC(C)(CC(C)(C3)C1)C2. The molecule has 3 heteroatoms. The molecule has 4 fully saturated rings. The monoisotopic (exact) mass is 292 g/mol. The Bertz CT molecular complexity index is 415. The van der Waals surface area contributed by atoms with Gasteiger partial charge in [0.2, 0.25) is 5.91 Å². The quantitative estimate of drug-likeness (QED) is 0.817. The molecule has 4 saturated carbocycles. The van der Waals surface area contributed by atoms with E-state index in [2.05, 4.69) is 26.1 Å². The van der Waals surface area contributed by atoms with Crippen LogP contribution in [0.25, 0.3) is 0 Å². The van der Waals surface area contributed by atoms with Crippen molar-refractivity contribution in [2.45, 2.75) is 77.7 Å². The molecular weight excluding hydrogens is 260 g/mol. The van der Waals surface area contributed by atoms with Crippen LogP contribution in [0.1, 0.15) is 72.1 Å². The summed E-state index contributed by atoms with van der Waals surface area (Å²) in [7, 11) is 0. The number of rotatable bonds is 5. The van der Waals surface area contributed by atoms with Gasteiger partial charge in [-0.05, 0) is 61.7 Å². The minimum Gasteiger partial charge on any atom is -0.350 e. The Balaban J connectivity index is 1.77. The van der Waals surface area contributed by atoms with Crippen molar-refractivity contribution < 1.29 is 4.79 Å². The van der Waals surface area contributed by atoms with E-state index in [4.69, 9.17) is 5.73 Å². The lowest BCUT2D eigenvalue weighted by atomic mass is 9.42. The highest BCUT2D eigenvalue weighted by molar-refractivity contribution is 5.79. The first-order valence-electron chi connectivity index (χ1n) is 8.83. The van der Waals surface area contributed by atoms with Crippen molar-refractivity contribution in [3.05, 3.63) is 0 Å². The Morgan fingerprint density at radius 2 is 1.81 bits per heavy atom. The number of hydrogen-bond donors (Lipinski definition) is 2. The van der Waals surface area contributed by atoms with Gasteiger partial charge in [-0.3, -0.25) is 4.79 Å². The molecule has 4 aliphatic carbocycles. The molecule has 0 aromatic heterocycles. The molecule has 3 unspecified atom stereocenters. The number of nitrogens with two attached hydrogens (primary N) is 1. The van der Waals surface area contributed by atoms with E-state index in [9.17, 15) is 4.79 Å². The third kappa shape index (κ3) is 2.74. The van der Waals surface area contributed by atoms with Crippen LogP contribution in [0.15, 0.2) is 0 Å². The minimum atomic E-state index is 0.00335. The molecule has 0 aromatic rings. The summed E-state index contributed by atoms with van der Waals surface area (Å²) in [6.07, 6.45) is 9.60. The lowest BCUT2D eigenvalue weighted by molar-refractivity contribution is -0.142. The second-order valence-corrected chi connectivity index (χ2v) is 9.12. The van der Waals surface area contributed by atoms with Crippen molar-refractivity contribution in [1.82, 2.24) is 5.32 Å². The predicted molar refractivity (Wildman–Crippen MR) is 85.7 cm³/mol. The maximum Gasteiger partial charge on any atom is 0.224 e. The van der Waals surface area contributed by atoms with Gasteiger partial charge in [-0.1, -0.05) is 27.2 Å². The van der Waals surface area contributed by atoms with E-state index in [0.29, 0.717) is 17.4 Å². The summed E-state index contributed by atoms with van der Waals surface area (Å²) in [6, 6.07) is 0. The molecule has 4 rings (SSSR count). The zero-order chi connectivity index (χ0) is 15.3. The van der Waals surface area contributed by atoms with Crippen LogP contribution in [-0.2, 0) is 4.79 Å². The number of hydrogen-bond acceptors (Lipinski definition) is 2. The van der Waals surface area contributed by atoms with Crippen molar-refractivity contribution in [1.29, 1.82) is 0 Å². The standard InChI is InChI=1S/C18H32N2O/c1-4-5-14(9-19)15(21)20-18-8-13-6-16(2,11-18)10-17(3,7-13)12-18/h13-14H,4-12,19H2,1-3H3,(H,20,21). The lowest BCUT2D eigenvalue weighted by Crippen LogP contribution is -2.65. The molecule has 0 heterocycles. The van der Waals surface area contributed by atoms with Crippen LogP contribution in [0.2, 0.25) is 0 Å². The molecule has 4 aliphatic rings. The first-order chi connectivity index (χ1) is 9.81. The third-order valence-corrected chi connectivity index (χ3v) is 6.31. The molecule has 1 amide bonds. The Kier molecular flexibility index (Phi) is 3.63. The van der Waals surface area contributed by atoms with Crippen molar-refractivity contribution in [3.63, 3.8) is 0 Å². The van der Waals surface area contributed by atoms with E-state index in [1.165, 1.54) is 38.5 Å². The van der Waals surface area contributed by atoms with Crippen LogP contribution >= 0.6 is 0 Å². The molecule has 0 saturated heterocycles. The van der Waals surface area contributed by atoms with Crippen molar-refractivity contribution >= 4 is 5.91 Å². The van der Waals surface area contributed by atoms with Crippen molar-refractivity contribution in [3.8, 4) is 0 Å². The Hall–Kier alpha value is -0.570. The molecule has 120 valence electrons. The third-order valence-electron chi connectivity index (χ3n) is 6.31. The fraction of sp³-hybridized carbons (Fsp3) is 0.944. The zero-order valence-electron chi connectivity index (χ0n) is 14.0. The summed E-state index contributed by atoms with van der Waals surface area (Å²) < 4.78 is 0. The summed E-state index contributed by atoms with van der Waals surface area (Å²) in [5, 5.41) is 3.49. The summed E-state index contributed by atoms with van der Waals surface area (Å²) >= 11 is 0. The molecule has 0 radical (unpaired) electrons. The van der Waals surface area contributed by atoms with Gasteiger partial charge < -0.3 is 11.1 Å². The molecule has 0 aliphatic heterocycles. The second-order valence-electron chi connectivity index (χ2n) is 9.12. The molecule has 3 N–H and O–H groups in total. The summed E-state index contributed by atoms with van der Waals surface area (Å²) in [6.45, 7) is 7.50. The summed E-state index contributed by atoms with van der Waals surface area (Å²) in [5.41, 5.74) is 6.79. The van der Waals surface area contributed by atoms with Crippen molar-refractivity contribution in [2.24, 2.45) is 28.4 Å². The van der Waals surface area contributed by atoms with Gasteiger partial charge in [0.15, 0.2) is 0 Å². The predicted octanol–water partition coefficient (Wildman–Crippen LogP) is 3.23. The van der Waals surface area contributed by atoms with Crippen molar-refractivity contribution in [2.75, 3.05) is 6.54 Å². The highest BCUT2D eigenvalue weighted by atomic mass is 16.2. The average Bonchev–Trinajstić information content (AvgIpc) is 2.30. The molecule has 3 atom stereocenters. The van der Waals surface area contributed by atoms with Crippen LogP contribution in [0.5, 0.6) is 0 Å². The van der Waals surface area contributed by atoms with E-state index in [0.717, 1.165) is 18.8 Å². The maximum atomic E-state index is 12.7. The topological polar surface area (TPSA) is 55.1 Å². The van der Waals surface area contributed by atoms with Gasteiger partial charge >= 0.3 is 0 Å². The van der Waals surface area contributed by atoms with Crippen LogP contribution in [-0.4, -0.2) is 18.0 Å². The van der Waals surface area contributed by atoms with E-state index in [1.807, 2.05) is 0 Å². The largest absolute Gasteiger partial charge is 0.350 e. The zero-order valence-corrected chi connectivity index (χ0v) is 14.0. The fourth-order valence-electron chi connectivity index (χ4n) is 6.65. The van der Waals surface area contributed by atoms with E-state index in [-0.39, 0.29) is 17.4 Å². The number of carbonyl (C=O) groups is 1. The summed E-state index contributed by atoms with van der Waals surface area (Å²) in [4.78, 5) is 12.7. The highest BCUT2D eigenvalue weighted by Crippen LogP contribution is 2.66. The first kappa shape index (κ1) is 15.3. The molecule has 0 aromatic carbocycles. The molecule has 3 nitrogen and oxygen atoms in total. The van der Waals surface area contributed by atoms with Gasteiger partial charge in [-0.2, -0.15) is 0 Å². The maximum absolute atomic E-state index is 12.7. The summed E-state index contributed by atoms with van der Waals surface area (Å²) in [5.74, 6) is 1.04. The van der Waals surface area contributed by atoms with E-state index >= 15 is 0 Å². The van der Waals surface area contributed by atoms with Gasteiger partial charge in [0.25, 0.3) is 0 Å². The Morgan fingerprint density at radius 1 is 1.19 bits per heavy atom. The van der Waals surface area contributed by atoms with Gasteiger partial charge in [-0.15, -0.1) is 0 Å². The highest BCUT2D eigenvalue weighted by Gasteiger charge is 2.60. The van der Waals surface area contributed by atoms with Gasteiger partial charge in [0, 0.05) is 12.1 Å². The van der Waals surface area contributed by atoms with E-state index < -0.39 is 0 Å². The minimum absolute atomic E-state index is 0.00335. The van der Waals surface area contributed by atoms with Crippen LogP contribution in [0.4, 0.5) is 0 Å². The molecule has 21 heavy (non-hydrogen) atoms. The lowest BCUT2D eigenvalue weighted by Gasteiger charge is -2.65. The van der Waals surface area contributed by atoms with Gasteiger partial charge in [0.05, 0.1) is 5.92 Å². The molecule has 4 bridgehead atoms. The molecule has 0 spiro atoms. The number of carbonyl (C=O) groups excluding carboxylic acids is 1. The second kappa shape index (κ2) is 4.97. The van der Waals surface area contributed by atoms with Crippen LogP contribution < -0.4 is 11.1 Å².